The molecule has 0 radical (unpaired) electrons. The van der Waals surface area contributed by atoms with Gasteiger partial charge in [-0.05, 0) is 35.4 Å². The molecule has 13 heteroatoms. The largest absolute Gasteiger partial charge is 0.465 e. The van der Waals surface area contributed by atoms with Gasteiger partial charge < -0.3 is 33.2 Å². The summed E-state index contributed by atoms with van der Waals surface area (Å²) in [5.74, 6) is -4.82. The predicted molar refractivity (Wildman–Crippen MR) is 141 cm³/mol. The fraction of sp³-hybridized carbons (Fsp3) is 0.393. The Balaban J connectivity index is 2.00. The molecule has 2 aromatic carbocycles. The van der Waals surface area contributed by atoms with Gasteiger partial charge in [0.05, 0.1) is 17.7 Å². The third-order valence-corrected chi connectivity index (χ3v) is 5.91. The molecule has 5 atom stereocenters. The molecule has 0 aromatic heterocycles. The Kier molecular flexibility index (Phi) is 8.77. The summed E-state index contributed by atoms with van der Waals surface area (Å²) in [6.45, 7) is -4.00. The molecule has 0 aliphatic carbocycles. The Morgan fingerprint density at radius 1 is 0.805 bits per heavy atom. The zero-order valence-corrected chi connectivity index (χ0v) is 22.5. The lowest BCUT2D eigenvalue weighted by molar-refractivity contribution is -0.288. The molecular weight excluding hydrogens is 564 g/mol. The van der Waals surface area contributed by atoms with E-state index in [1.807, 2.05) is 0 Å². The number of carbonyl (C=O) groups excluding carboxylic acids is 5. The summed E-state index contributed by atoms with van der Waals surface area (Å²) in [6.07, 6.45) is -8.16. The normalized spacial score (nSPS) is 22.9. The van der Waals surface area contributed by atoms with Crippen molar-refractivity contribution in [2.45, 2.75) is 58.3 Å². The number of hydrogen-bond donors (Lipinski definition) is 0. The molecule has 0 saturated carbocycles. The minimum atomic E-state index is -1.71. The molecule has 1 unspecified atom stereocenters. The summed E-state index contributed by atoms with van der Waals surface area (Å²) in [6, 6.07) is 11.1. The van der Waals surface area contributed by atoms with Crippen molar-refractivity contribution in [3.8, 4) is 16.9 Å². The highest BCUT2D eigenvalue weighted by atomic mass is 35.5. The van der Waals surface area contributed by atoms with Gasteiger partial charge >= 0.3 is 29.8 Å². The van der Waals surface area contributed by atoms with Crippen LogP contribution in [0, 0.1) is 0 Å². The number of rotatable bonds is 9. The van der Waals surface area contributed by atoms with Crippen LogP contribution in [0.2, 0.25) is 5.02 Å². The zero-order valence-electron chi connectivity index (χ0n) is 25.7. The van der Waals surface area contributed by atoms with Crippen molar-refractivity contribution in [2.24, 2.45) is 0 Å². The molecule has 1 saturated heterocycles. The van der Waals surface area contributed by atoms with E-state index in [0.29, 0.717) is 16.7 Å². The molecule has 0 N–H and O–H groups in total. The van der Waals surface area contributed by atoms with E-state index in [1.54, 1.807) is 30.3 Å². The van der Waals surface area contributed by atoms with E-state index in [4.69, 9.17) is 50.2 Å². The van der Waals surface area contributed by atoms with E-state index >= 15 is 0 Å². The van der Waals surface area contributed by atoms with Crippen LogP contribution in [0.1, 0.15) is 43.4 Å². The van der Waals surface area contributed by atoms with Crippen LogP contribution >= 0.6 is 11.6 Å². The molecule has 220 valence electrons. The van der Waals surface area contributed by atoms with Gasteiger partial charge in [-0.1, -0.05) is 29.8 Å². The zero-order chi connectivity index (χ0) is 33.1. The Morgan fingerprint density at radius 3 is 1.98 bits per heavy atom. The average Bonchev–Trinajstić information content (AvgIpc) is 3.06. The Labute approximate surface area is 246 Å². The molecule has 0 spiro atoms. The fourth-order valence-electron chi connectivity index (χ4n) is 3.96. The number of methoxy groups -OCH3 is 1. The van der Waals surface area contributed by atoms with Crippen molar-refractivity contribution >= 4 is 41.4 Å². The maximum atomic E-state index is 12.3. The van der Waals surface area contributed by atoms with Crippen molar-refractivity contribution in [3.05, 3.63) is 53.1 Å². The number of benzene rings is 2. The summed E-state index contributed by atoms with van der Waals surface area (Å²) in [5.41, 5.74) is 1.64. The van der Waals surface area contributed by atoms with Crippen LogP contribution in [0.25, 0.3) is 11.1 Å². The minimum absolute atomic E-state index is 0.0161. The smallest absolute Gasteiger partial charge is 0.337 e. The van der Waals surface area contributed by atoms with Crippen LogP contribution in [0.4, 0.5) is 0 Å². The monoisotopic (exact) mass is 596 g/mol. The van der Waals surface area contributed by atoms with Gasteiger partial charge in [-0.25, -0.2) is 4.79 Å². The van der Waals surface area contributed by atoms with Crippen LogP contribution in [-0.2, 0) is 47.6 Å². The van der Waals surface area contributed by atoms with E-state index in [9.17, 15) is 24.0 Å². The molecule has 1 heterocycles. The molecule has 41 heavy (non-hydrogen) atoms. The fourth-order valence-corrected chi connectivity index (χ4v) is 4.18. The molecule has 0 bridgehead atoms. The molecular formula is C28H29ClO12. The quantitative estimate of drug-likeness (QED) is 0.309. The van der Waals surface area contributed by atoms with Crippen LogP contribution in [0.3, 0.4) is 0 Å². The van der Waals surface area contributed by atoms with Crippen molar-refractivity contribution in [2.75, 3.05) is 13.7 Å². The first-order valence-corrected chi connectivity index (χ1v) is 12.1. The Morgan fingerprint density at radius 2 is 1.39 bits per heavy atom. The number of hydrogen-bond acceptors (Lipinski definition) is 12. The van der Waals surface area contributed by atoms with Gasteiger partial charge in [-0.2, -0.15) is 0 Å². The summed E-state index contributed by atoms with van der Waals surface area (Å²) >= 11 is 6.52. The summed E-state index contributed by atoms with van der Waals surface area (Å²) in [4.78, 5) is 60.2. The standard InChI is InChI=1S/C28H29ClO12/c1-14(30)36-13-23-24(37-15(2)31)25(38-16(3)32)26(39-17(4)33)28(41-23)40-22-11-10-20(12-21(22)29)18-6-8-19(9-7-18)27(34)35-5/h6-12,23-26,28H,13H2,1-5H3/t23-,24-,25+,26+,28?/m1/s1/i1D,2D,3D,4D. The van der Waals surface area contributed by atoms with E-state index in [2.05, 4.69) is 0 Å². The van der Waals surface area contributed by atoms with Gasteiger partial charge in [0.25, 0.3) is 0 Å². The van der Waals surface area contributed by atoms with Gasteiger partial charge in [-0.3, -0.25) is 19.2 Å². The van der Waals surface area contributed by atoms with Gasteiger partial charge in [0.15, 0.2) is 12.2 Å². The first-order chi connectivity index (χ1) is 21.5. The Hall–Kier alpha value is -4.16. The van der Waals surface area contributed by atoms with Gasteiger partial charge in [0, 0.05) is 33.1 Å². The first kappa shape index (κ1) is 25.8. The van der Waals surface area contributed by atoms with Crippen molar-refractivity contribution in [1.82, 2.24) is 0 Å². The molecule has 12 nitrogen and oxygen atoms in total. The van der Waals surface area contributed by atoms with E-state index in [0.717, 1.165) is 0 Å². The number of ether oxygens (including phenoxy) is 7. The molecule has 2 aromatic rings. The average molecular weight is 597 g/mol. The van der Waals surface area contributed by atoms with Gasteiger partial charge in [0.1, 0.15) is 18.5 Å². The van der Waals surface area contributed by atoms with Gasteiger partial charge in [0.2, 0.25) is 12.4 Å². The summed E-state index contributed by atoms with van der Waals surface area (Å²) < 4.78 is 66.7. The van der Waals surface area contributed by atoms with Crippen LogP contribution in [0.5, 0.6) is 5.75 Å². The second kappa shape index (κ2) is 14.0. The third-order valence-electron chi connectivity index (χ3n) is 5.62. The van der Waals surface area contributed by atoms with Crippen LogP contribution in [0.15, 0.2) is 42.5 Å². The SMILES string of the molecule is [2H]CC(=O)OC[C@H]1OC(Oc2ccc(-c3ccc(C(=O)OC)cc3)cc2Cl)[C@@H](OC(=O)C[2H])[C@@H](OC(=O)C[2H])[C@@H]1OC(=O)C[2H]. The highest BCUT2D eigenvalue weighted by Crippen LogP contribution is 2.35. The van der Waals surface area contributed by atoms with Crippen LogP contribution in [-0.4, -0.2) is 74.3 Å². The lowest BCUT2D eigenvalue weighted by Crippen LogP contribution is -2.63. The topological polar surface area (TPSA) is 150 Å². The Bertz CT molecular complexity index is 1380. The molecule has 3 rings (SSSR count). The second-order valence-corrected chi connectivity index (χ2v) is 8.83. The van der Waals surface area contributed by atoms with E-state index in [1.165, 1.54) is 19.2 Å². The third kappa shape index (κ3) is 8.41. The molecule has 0 amide bonds. The molecule has 1 aliphatic rings. The van der Waals surface area contributed by atoms with Gasteiger partial charge in [-0.15, -0.1) is 0 Å². The lowest BCUT2D eigenvalue weighted by atomic mass is 9.98. The molecule has 1 aliphatic heterocycles. The van der Waals surface area contributed by atoms with E-state index in [-0.39, 0.29) is 10.8 Å². The highest BCUT2D eigenvalue weighted by Gasteiger charge is 2.53. The minimum Gasteiger partial charge on any atom is -0.465 e. The maximum absolute atomic E-state index is 12.3. The van der Waals surface area contributed by atoms with Crippen LogP contribution < -0.4 is 4.74 Å². The predicted octanol–water partition coefficient (Wildman–Crippen LogP) is 3.26. The molecule has 1 fully saturated rings. The summed E-state index contributed by atoms with van der Waals surface area (Å²) in [7, 11) is 1.27. The first-order valence-electron chi connectivity index (χ1n) is 14.6. The van der Waals surface area contributed by atoms with Crippen molar-refractivity contribution in [1.29, 1.82) is 0 Å². The number of carbonyl (C=O) groups is 5. The number of halogens is 1. The lowest BCUT2D eigenvalue weighted by Gasteiger charge is -2.44. The van der Waals surface area contributed by atoms with Crippen molar-refractivity contribution < 1.29 is 62.6 Å². The second-order valence-electron chi connectivity index (χ2n) is 8.42. The number of esters is 5. The maximum Gasteiger partial charge on any atom is 0.337 e. The summed E-state index contributed by atoms with van der Waals surface area (Å²) in [5, 5.41) is 0.0401. The van der Waals surface area contributed by atoms with Crippen molar-refractivity contribution in [3.63, 3.8) is 0 Å². The van der Waals surface area contributed by atoms with E-state index < -0.39 is 94.8 Å². The highest BCUT2D eigenvalue weighted by molar-refractivity contribution is 6.32.